The molecule has 0 saturated carbocycles. The Balaban J connectivity index is 2.75. The first-order valence-corrected chi connectivity index (χ1v) is 4.44. The maximum Gasteiger partial charge on any atom is 0.234 e. The van der Waals surface area contributed by atoms with Crippen LogP contribution in [0.2, 0.25) is 10.2 Å². The number of ether oxygens (including phenoxy) is 1. The number of aromatic nitrogens is 1. The van der Waals surface area contributed by atoms with Gasteiger partial charge in [0.2, 0.25) is 5.88 Å². The summed E-state index contributed by atoms with van der Waals surface area (Å²) in [6.07, 6.45) is 0.921. The summed E-state index contributed by atoms with van der Waals surface area (Å²) in [7, 11) is 0. The van der Waals surface area contributed by atoms with Crippen molar-refractivity contribution in [2.24, 2.45) is 0 Å². The summed E-state index contributed by atoms with van der Waals surface area (Å²) in [4.78, 5) is 3.92. The minimum absolute atomic E-state index is 0.394. The van der Waals surface area contributed by atoms with Crippen LogP contribution >= 0.6 is 23.2 Å². The second-order valence-corrected chi connectivity index (χ2v) is 3.06. The summed E-state index contributed by atoms with van der Waals surface area (Å²) in [5.74, 6) is 0.408. The summed E-state index contributed by atoms with van der Waals surface area (Å²) in [5.41, 5.74) is 0. The van der Waals surface area contributed by atoms with E-state index in [1.165, 1.54) is 0 Å². The summed E-state index contributed by atoms with van der Waals surface area (Å²) < 4.78 is 5.24. The first kappa shape index (κ1) is 9.62. The number of pyridine rings is 1. The monoisotopic (exact) mass is 205 g/mol. The molecule has 0 radical (unpaired) electrons. The number of rotatable bonds is 3. The average molecular weight is 206 g/mol. The van der Waals surface area contributed by atoms with Crippen LogP contribution in [0.25, 0.3) is 0 Å². The summed E-state index contributed by atoms with van der Waals surface area (Å²) >= 11 is 11.4. The Morgan fingerprint density at radius 1 is 1.42 bits per heavy atom. The van der Waals surface area contributed by atoms with Gasteiger partial charge in [-0.3, -0.25) is 0 Å². The van der Waals surface area contributed by atoms with E-state index in [9.17, 15) is 0 Å². The first-order valence-electron chi connectivity index (χ1n) is 3.69. The number of nitrogens with zero attached hydrogens (tertiary/aromatic N) is 1. The fourth-order valence-electron chi connectivity index (χ4n) is 0.701. The van der Waals surface area contributed by atoms with Crippen LogP contribution in [0.4, 0.5) is 0 Å². The smallest absolute Gasteiger partial charge is 0.234 e. The fraction of sp³-hybridized carbons (Fsp3) is 0.375. The zero-order valence-electron chi connectivity index (χ0n) is 6.68. The molecule has 0 amide bonds. The molecule has 0 aliphatic heterocycles. The minimum Gasteiger partial charge on any atom is -0.477 e. The van der Waals surface area contributed by atoms with Crippen LogP contribution in [-0.4, -0.2) is 11.6 Å². The van der Waals surface area contributed by atoms with E-state index in [1.807, 2.05) is 6.92 Å². The Morgan fingerprint density at radius 3 is 2.83 bits per heavy atom. The molecular weight excluding hydrogens is 197 g/mol. The van der Waals surface area contributed by atoms with Crippen molar-refractivity contribution in [2.45, 2.75) is 13.3 Å². The van der Waals surface area contributed by atoms with Crippen LogP contribution in [0.5, 0.6) is 5.88 Å². The molecule has 0 unspecified atom stereocenters. The van der Waals surface area contributed by atoms with Crippen molar-refractivity contribution in [3.63, 3.8) is 0 Å². The van der Waals surface area contributed by atoms with Gasteiger partial charge in [0.25, 0.3) is 0 Å². The van der Waals surface area contributed by atoms with Gasteiger partial charge in [-0.2, -0.15) is 0 Å². The Hall–Kier alpha value is -0.470. The third-order valence-corrected chi connectivity index (χ3v) is 1.72. The fourth-order valence-corrected chi connectivity index (χ4v) is 1.00. The quantitative estimate of drug-likeness (QED) is 0.708. The lowest BCUT2D eigenvalue weighted by atomic mass is 10.5. The number of hydrogen-bond donors (Lipinski definition) is 0. The molecule has 0 bridgehead atoms. The van der Waals surface area contributed by atoms with Gasteiger partial charge in [-0.25, -0.2) is 4.98 Å². The Labute approximate surface area is 81.5 Å². The molecule has 0 aliphatic carbocycles. The summed E-state index contributed by atoms with van der Waals surface area (Å²) in [5, 5.41) is 0.887. The lowest BCUT2D eigenvalue weighted by Gasteiger charge is -2.04. The molecule has 2 nitrogen and oxygen atoms in total. The van der Waals surface area contributed by atoms with Crippen molar-refractivity contribution >= 4 is 23.2 Å². The lowest BCUT2D eigenvalue weighted by Crippen LogP contribution is -1.97. The molecule has 0 fully saturated rings. The second-order valence-electron chi connectivity index (χ2n) is 2.27. The van der Waals surface area contributed by atoms with Gasteiger partial charge in [0.15, 0.2) is 0 Å². The highest BCUT2D eigenvalue weighted by Gasteiger charge is 2.02. The van der Waals surface area contributed by atoms with Crippen LogP contribution in [0.15, 0.2) is 12.1 Å². The average Bonchev–Trinajstić information content (AvgIpc) is 2.07. The predicted molar refractivity (Wildman–Crippen MR) is 50.0 cm³/mol. The van der Waals surface area contributed by atoms with Gasteiger partial charge in [-0.15, -0.1) is 0 Å². The third-order valence-electron chi connectivity index (χ3n) is 1.22. The standard InChI is InChI=1S/C8H9Cl2NO/c1-2-5-12-8-6(9)3-4-7(10)11-8/h3-4H,2,5H2,1H3. The third kappa shape index (κ3) is 2.54. The van der Waals surface area contributed by atoms with E-state index in [1.54, 1.807) is 12.1 Å². The van der Waals surface area contributed by atoms with Crippen molar-refractivity contribution in [3.8, 4) is 5.88 Å². The van der Waals surface area contributed by atoms with Crippen LogP contribution in [-0.2, 0) is 0 Å². The highest BCUT2D eigenvalue weighted by atomic mass is 35.5. The minimum atomic E-state index is 0.394. The topological polar surface area (TPSA) is 22.1 Å². The highest BCUT2D eigenvalue weighted by Crippen LogP contribution is 2.23. The van der Waals surface area contributed by atoms with Crippen molar-refractivity contribution in [3.05, 3.63) is 22.3 Å². The van der Waals surface area contributed by atoms with E-state index in [0.29, 0.717) is 22.7 Å². The Kier molecular flexibility index (Phi) is 3.63. The highest BCUT2D eigenvalue weighted by molar-refractivity contribution is 6.33. The van der Waals surface area contributed by atoms with Gasteiger partial charge in [0.1, 0.15) is 10.2 Å². The first-order chi connectivity index (χ1) is 5.74. The molecule has 0 aliphatic rings. The molecule has 1 rings (SSSR count). The number of hydrogen-bond acceptors (Lipinski definition) is 2. The zero-order valence-corrected chi connectivity index (χ0v) is 8.19. The lowest BCUT2D eigenvalue weighted by molar-refractivity contribution is 0.305. The molecule has 0 atom stereocenters. The van der Waals surface area contributed by atoms with Gasteiger partial charge in [0.05, 0.1) is 6.61 Å². The molecule has 12 heavy (non-hydrogen) atoms. The molecule has 66 valence electrons. The zero-order chi connectivity index (χ0) is 8.97. The summed E-state index contributed by atoms with van der Waals surface area (Å²) in [6, 6.07) is 3.30. The van der Waals surface area contributed by atoms with Gasteiger partial charge < -0.3 is 4.74 Å². The molecule has 4 heteroatoms. The molecule has 0 saturated heterocycles. The van der Waals surface area contributed by atoms with Crippen molar-refractivity contribution in [1.82, 2.24) is 4.98 Å². The van der Waals surface area contributed by atoms with Crippen LogP contribution in [0.1, 0.15) is 13.3 Å². The second kappa shape index (κ2) is 4.53. The van der Waals surface area contributed by atoms with E-state index in [4.69, 9.17) is 27.9 Å². The molecule has 0 aromatic carbocycles. The molecule has 1 heterocycles. The molecular formula is C8H9Cl2NO. The van der Waals surface area contributed by atoms with E-state index in [0.717, 1.165) is 6.42 Å². The number of halogens is 2. The van der Waals surface area contributed by atoms with E-state index in [-0.39, 0.29) is 0 Å². The predicted octanol–water partition coefficient (Wildman–Crippen LogP) is 3.18. The van der Waals surface area contributed by atoms with Gasteiger partial charge in [-0.1, -0.05) is 30.1 Å². The molecule has 1 aromatic heterocycles. The van der Waals surface area contributed by atoms with E-state index in [2.05, 4.69) is 4.98 Å². The van der Waals surface area contributed by atoms with Gasteiger partial charge in [-0.05, 0) is 18.6 Å². The Bertz CT molecular complexity index is 265. The van der Waals surface area contributed by atoms with E-state index >= 15 is 0 Å². The maximum atomic E-state index is 5.79. The Morgan fingerprint density at radius 2 is 2.17 bits per heavy atom. The molecule has 1 aromatic rings. The summed E-state index contributed by atoms with van der Waals surface area (Å²) in [6.45, 7) is 2.62. The normalized spacial score (nSPS) is 9.92. The van der Waals surface area contributed by atoms with Crippen LogP contribution in [0.3, 0.4) is 0 Å². The van der Waals surface area contributed by atoms with Crippen molar-refractivity contribution in [2.75, 3.05) is 6.61 Å². The van der Waals surface area contributed by atoms with E-state index < -0.39 is 0 Å². The van der Waals surface area contributed by atoms with Crippen molar-refractivity contribution in [1.29, 1.82) is 0 Å². The van der Waals surface area contributed by atoms with Gasteiger partial charge in [0, 0.05) is 0 Å². The van der Waals surface area contributed by atoms with Crippen LogP contribution < -0.4 is 4.74 Å². The molecule has 0 spiro atoms. The molecule has 0 N–H and O–H groups in total. The van der Waals surface area contributed by atoms with Crippen molar-refractivity contribution < 1.29 is 4.74 Å². The SMILES string of the molecule is CCCOc1nc(Cl)ccc1Cl. The van der Waals surface area contributed by atoms with Gasteiger partial charge >= 0.3 is 0 Å². The largest absolute Gasteiger partial charge is 0.477 e. The maximum absolute atomic E-state index is 5.79. The van der Waals surface area contributed by atoms with Crippen LogP contribution in [0, 0.1) is 0 Å².